The van der Waals surface area contributed by atoms with E-state index in [1.165, 1.54) is 0 Å². The molecule has 98 valence electrons. The molecule has 2 fully saturated rings. The Morgan fingerprint density at radius 3 is 3.12 bits per heavy atom. The molecule has 2 saturated heterocycles. The van der Waals surface area contributed by atoms with Crippen LogP contribution < -0.4 is 10.6 Å². The predicted molar refractivity (Wildman–Crippen MR) is 66.8 cm³/mol. The minimum absolute atomic E-state index is 0.0121. The third-order valence-corrected chi connectivity index (χ3v) is 3.79. The van der Waals surface area contributed by atoms with E-state index >= 15 is 0 Å². The summed E-state index contributed by atoms with van der Waals surface area (Å²) in [6.07, 6.45) is 6.72. The van der Waals surface area contributed by atoms with Crippen LogP contribution in [0.1, 0.15) is 45.4 Å². The molecule has 2 rings (SSSR count). The van der Waals surface area contributed by atoms with Gasteiger partial charge in [-0.25, -0.2) is 0 Å². The molecule has 0 aromatic rings. The van der Waals surface area contributed by atoms with Gasteiger partial charge in [0.2, 0.25) is 5.91 Å². The van der Waals surface area contributed by atoms with Gasteiger partial charge in [-0.3, -0.25) is 4.79 Å². The van der Waals surface area contributed by atoms with Crippen LogP contribution in [-0.4, -0.2) is 37.2 Å². The van der Waals surface area contributed by atoms with E-state index in [9.17, 15) is 4.79 Å². The van der Waals surface area contributed by atoms with Gasteiger partial charge in [-0.2, -0.15) is 0 Å². The Balaban J connectivity index is 1.83. The number of rotatable bonds is 3. The van der Waals surface area contributed by atoms with Gasteiger partial charge in [-0.1, -0.05) is 6.92 Å². The second kappa shape index (κ2) is 6.36. The molecule has 0 radical (unpaired) electrons. The lowest BCUT2D eigenvalue weighted by Gasteiger charge is -2.32. The van der Waals surface area contributed by atoms with Crippen molar-refractivity contribution in [3.05, 3.63) is 0 Å². The molecule has 0 saturated carbocycles. The Hall–Kier alpha value is -0.610. The standard InChI is InChI=1S/C13H24N2O2/c1-2-11-9-10(6-8-17-11)15-12-5-3-4-7-14-13(12)16/h10-12,15H,2-9H2,1H3,(H,14,16). The molecule has 2 aliphatic rings. The van der Waals surface area contributed by atoms with Crippen LogP contribution in [0.25, 0.3) is 0 Å². The van der Waals surface area contributed by atoms with Crippen LogP contribution in [0.5, 0.6) is 0 Å². The van der Waals surface area contributed by atoms with Crippen molar-refractivity contribution in [2.24, 2.45) is 0 Å². The Morgan fingerprint density at radius 2 is 2.29 bits per heavy atom. The van der Waals surface area contributed by atoms with Gasteiger partial charge in [0.15, 0.2) is 0 Å². The zero-order chi connectivity index (χ0) is 12.1. The first-order valence-electron chi connectivity index (χ1n) is 6.95. The molecule has 2 aliphatic heterocycles. The Kier molecular flexibility index (Phi) is 4.80. The second-order valence-electron chi connectivity index (χ2n) is 5.13. The van der Waals surface area contributed by atoms with Crippen molar-refractivity contribution in [3.63, 3.8) is 0 Å². The molecule has 4 nitrogen and oxygen atoms in total. The minimum atomic E-state index is 0.0121. The molecule has 0 aromatic carbocycles. The number of hydrogen-bond donors (Lipinski definition) is 2. The molecule has 3 unspecified atom stereocenters. The van der Waals surface area contributed by atoms with Gasteiger partial charge in [-0.15, -0.1) is 0 Å². The van der Waals surface area contributed by atoms with Crippen molar-refractivity contribution < 1.29 is 9.53 Å². The maximum atomic E-state index is 11.8. The van der Waals surface area contributed by atoms with Crippen LogP contribution >= 0.6 is 0 Å². The van der Waals surface area contributed by atoms with Crippen LogP contribution in [0.15, 0.2) is 0 Å². The monoisotopic (exact) mass is 240 g/mol. The van der Waals surface area contributed by atoms with Crippen molar-refractivity contribution in [3.8, 4) is 0 Å². The molecular formula is C13H24N2O2. The average molecular weight is 240 g/mol. The van der Waals surface area contributed by atoms with E-state index in [0.29, 0.717) is 12.1 Å². The van der Waals surface area contributed by atoms with E-state index in [2.05, 4.69) is 17.6 Å². The van der Waals surface area contributed by atoms with Gasteiger partial charge in [0.05, 0.1) is 12.1 Å². The number of hydrogen-bond acceptors (Lipinski definition) is 3. The number of ether oxygens (including phenoxy) is 1. The second-order valence-corrected chi connectivity index (χ2v) is 5.13. The highest BCUT2D eigenvalue weighted by Crippen LogP contribution is 2.18. The normalized spacial score (nSPS) is 35.1. The molecule has 4 heteroatoms. The van der Waals surface area contributed by atoms with E-state index in [-0.39, 0.29) is 11.9 Å². The average Bonchev–Trinajstić information content (AvgIpc) is 2.55. The first-order chi connectivity index (χ1) is 8.29. The Labute approximate surface area is 103 Å². The van der Waals surface area contributed by atoms with Gasteiger partial charge >= 0.3 is 0 Å². The topological polar surface area (TPSA) is 50.4 Å². The van der Waals surface area contributed by atoms with Crippen molar-refractivity contribution in [1.29, 1.82) is 0 Å². The molecule has 0 bridgehead atoms. The van der Waals surface area contributed by atoms with Crippen LogP contribution in [0.4, 0.5) is 0 Å². The zero-order valence-electron chi connectivity index (χ0n) is 10.7. The predicted octanol–water partition coefficient (Wildman–Crippen LogP) is 1.20. The fraction of sp³-hybridized carbons (Fsp3) is 0.923. The highest BCUT2D eigenvalue weighted by Gasteiger charge is 2.27. The smallest absolute Gasteiger partial charge is 0.237 e. The van der Waals surface area contributed by atoms with E-state index < -0.39 is 0 Å². The first kappa shape index (κ1) is 12.8. The lowest BCUT2D eigenvalue weighted by molar-refractivity contribution is -0.123. The van der Waals surface area contributed by atoms with Crippen molar-refractivity contribution in [2.45, 2.75) is 63.6 Å². The summed E-state index contributed by atoms with van der Waals surface area (Å²) in [5.41, 5.74) is 0. The molecule has 0 aliphatic carbocycles. The maximum Gasteiger partial charge on any atom is 0.237 e. The number of amides is 1. The quantitative estimate of drug-likeness (QED) is 0.779. The number of nitrogens with one attached hydrogen (secondary N) is 2. The summed E-state index contributed by atoms with van der Waals surface area (Å²) < 4.78 is 5.66. The van der Waals surface area contributed by atoms with Crippen molar-refractivity contribution >= 4 is 5.91 Å². The lowest BCUT2D eigenvalue weighted by atomic mass is 9.99. The summed E-state index contributed by atoms with van der Waals surface area (Å²) in [5.74, 6) is 0.182. The van der Waals surface area contributed by atoms with Crippen molar-refractivity contribution in [1.82, 2.24) is 10.6 Å². The maximum absolute atomic E-state index is 11.8. The van der Waals surface area contributed by atoms with E-state index in [1.54, 1.807) is 0 Å². The summed E-state index contributed by atoms with van der Waals surface area (Å²) >= 11 is 0. The van der Waals surface area contributed by atoms with Crippen LogP contribution in [0.2, 0.25) is 0 Å². The highest BCUT2D eigenvalue weighted by atomic mass is 16.5. The third kappa shape index (κ3) is 3.68. The largest absolute Gasteiger partial charge is 0.378 e. The molecule has 17 heavy (non-hydrogen) atoms. The number of carbonyl (C=O) groups is 1. The minimum Gasteiger partial charge on any atom is -0.378 e. The Bertz CT molecular complexity index is 258. The molecule has 0 spiro atoms. The summed E-state index contributed by atoms with van der Waals surface area (Å²) in [6, 6.07) is 0.459. The zero-order valence-corrected chi connectivity index (χ0v) is 10.7. The molecule has 3 atom stereocenters. The fourth-order valence-corrected chi connectivity index (χ4v) is 2.70. The van der Waals surface area contributed by atoms with E-state index in [1.807, 2.05) is 0 Å². The Morgan fingerprint density at radius 1 is 1.41 bits per heavy atom. The highest BCUT2D eigenvalue weighted by molar-refractivity contribution is 5.81. The molecule has 2 heterocycles. The third-order valence-electron chi connectivity index (χ3n) is 3.79. The SMILES string of the molecule is CCC1CC(NC2CCCCNC2=O)CCO1. The lowest BCUT2D eigenvalue weighted by Crippen LogP contribution is -2.50. The van der Waals surface area contributed by atoms with Crippen LogP contribution in [-0.2, 0) is 9.53 Å². The van der Waals surface area contributed by atoms with Gasteiger partial charge in [0.25, 0.3) is 0 Å². The van der Waals surface area contributed by atoms with E-state index in [0.717, 1.165) is 51.7 Å². The first-order valence-corrected chi connectivity index (χ1v) is 6.95. The van der Waals surface area contributed by atoms with E-state index in [4.69, 9.17) is 4.74 Å². The van der Waals surface area contributed by atoms with Crippen molar-refractivity contribution in [2.75, 3.05) is 13.2 Å². The summed E-state index contributed by atoms with van der Waals surface area (Å²) in [5, 5.41) is 6.50. The molecular weight excluding hydrogens is 216 g/mol. The van der Waals surface area contributed by atoms with Crippen LogP contribution in [0, 0.1) is 0 Å². The summed E-state index contributed by atoms with van der Waals surface area (Å²) in [4.78, 5) is 11.8. The summed E-state index contributed by atoms with van der Waals surface area (Å²) in [7, 11) is 0. The molecule has 1 amide bonds. The number of carbonyl (C=O) groups excluding carboxylic acids is 1. The van der Waals surface area contributed by atoms with Gasteiger partial charge in [-0.05, 0) is 38.5 Å². The van der Waals surface area contributed by atoms with Crippen LogP contribution in [0.3, 0.4) is 0 Å². The molecule has 0 aromatic heterocycles. The van der Waals surface area contributed by atoms with Gasteiger partial charge in [0, 0.05) is 19.2 Å². The van der Waals surface area contributed by atoms with Gasteiger partial charge in [0.1, 0.15) is 0 Å². The summed E-state index contributed by atoms with van der Waals surface area (Å²) in [6.45, 7) is 3.82. The van der Waals surface area contributed by atoms with Gasteiger partial charge < -0.3 is 15.4 Å². The fourth-order valence-electron chi connectivity index (χ4n) is 2.70. The molecule has 2 N–H and O–H groups in total.